The lowest BCUT2D eigenvalue weighted by Crippen LogP contribution is -2.25. The molecule has 0 atom stereocenters. The van der Waals surface area contributed by atoms with Crippen LogP contribution >= 0.6 is 0 Å². The third kappa shape index (κ3) is 8.54. The molecule has 0 heteroatoms. The second kappa shape index (κ2) is 15.1. The molecule has 0 bridgehead atoms. The second-order valence-corrected chi connectivity index (χ2v) is 12.7. The number of allylic oxidation sites excluding steroid dienone is 2. The number of benzene rings is 1. The molecule has 1 aromatic carbocycles. The second-order valence-electron chi connectivity index (χ2n) is 12.7. The zero-order valence-corrected chi connectivity index (χ0v) is 23.7. The molecule has 0 radical (unpaired) electrons. The SMILES string of the molecule is CCCCCC1CCC(c2ccc(C#C/C=C/C3CCC(C4CCC(CCC)CC4)CC3)cc2)CC1. The topological polar surface area (TPSA) is 0 Å². The maximum absolute atomic E-state index is 3.39. The molecule has 3 aliphatic carbocycles. The lowest BCUT2D eigenvalue weighted by Gasteiger charge is -2.37. The summed E-state index contributed by atoms with van der Waals surface area (Å²) >= 11 is 0. The van der Waals surface area contributed by atoms with Crippen molar-refractivity contribution in [3.05, 3.63) is 47.5 Å². The summed E-state index contributed by atoms with van der Waals surface area (Å²) < 4.78 is 0. The van der Waals surface area contributed by atoms with Gasteiger partial charge in [-0.2, -0.15) is 0 Å². The highest BCUT2D eigenvalue weighted by molar-refractivity contribution is 5.39. The van der Waals surface area contributed by atoms with Crippen molar-refractivity contribution in [3.8, 4) is 11.8 Å². The van der Waals surface area contributed by atoms with Crippen LogP contribution in [0.4, 0.5) is 0 Å². The number of unbranched alkanes of at least 4 members (excludes halogenated alkanes) is 2. The molecule has 0 heterocycles. The lowest BCUT2D eigenvalue weighted by molar-refractivity contribution is 0.152. The summed E-state index contributed by atoms with van der Waals surface area (Å²) in [5.41, 5.74) is 2.71. The molecule has 198 valence electrons. The third-order valence-corrected chi connectivity index (χ3v) is 10.2. The van der Waals surface area contributed by atoms with Crippen LogP contribution in [-0.2, 0) is 0 Å². The summed E-state index contributed by atoms with van der Waals surface area (Å²) in [7, 11) is 0. The molecule has 36 heavy (non-hydrogen) atoms. The summed E-state index contributed by atoms with van der Waals surface area (Å²) in [6, 6.07) is 9.22. The van der Waals surface area contributed by atoms with E-state index in [2.05, 4.69) is 62.1 Å². The summed E-state index contributed by atoms with van der Waals surface area (Å²) in [6.45, 7) is 4.66. The minimum atomic E-state index is 0.756. The standard InChI is InChI=1S/C36H54/c1-3-5-6-10-30-15-23-35(24-16-30)36-27-19-32(20-28-36)12-8-7-11-31-17-25-34(26-18-31)33-21-13-29(9-4-2)14-22-33/h7,11,19-20,27-31,33-35H,3-6,9-10,13-18,21-26H2,1-2H3/b11-7+. The van der Waals surface area contributed by atoms with Crippen LogP contribution in [0.25, 0.3) is 0 Å². The highest BCUT2D eigenvalue weighted by atomic mass is 14.4. The molecule has 3 saturated carbocycles. The highest BCUT2D eigenvalue weighted by Gasteiger charge is 2.30. The first-order chi connectivity index (χ1) is 17.7. The van der Waals surface area contributed by atoms with E-state index in [9.17, 15) is 0 Å². The molecule has 3 fully saturated rings. The fourth-order valence-corrected chi connectivity index (χ4v) is 7.78. The minimum absolute atomic E-state index is 0.756. The Morgan fingerprint density at radius 1 is 0.667 bits per heavy atom. The van der Waals surface area contributed by atoms with Crippen molar-refractivity contribution in [2.75, 3.05) is 0 Å². The molecular weight excluding hydrogens is 432 g/mol. The number of hydrogen-bond acceptors (Lipinski definition) is 0. The third-order valence-electron chi connectivity index (χ3n) is 10.2. The molecule has 0 aliphatic heterocycles. The fraction of sp³-hybridized carbons (Fsp3) is 0.722. The van der Waals surface area contributed by atoms with Crippen LogP contribution in [0.3, 0.4) is 0 Å². The Hall–Kier alpha value is -1.48. The molecule has 0 nitrogen and oxygen atoms in total. The summed E-state index contributed by atoms with van der Waals surface area (Å²) in [5.74, 6) is 12.3. The zero-order chi connectivity index (χ0) is 25.0. The van der Waals surface area contributed by atoms with Crippen molar-refractivity contribution in [2.45, 2.75) is 135 Å². The van der Waals surface area contributed by atoms with Crippen molar-refractivity contribution in [3.63, 3.8) is 0 Å². The van der Waals surface area contributed by atoms with Crippen molar-refractivity contribution in [2.24, 2.45) is 29.6 Å². The van der Waals surface area contributed by atoms with Gasteiger partial charge in [0.2, 0.25) is 0 Å². The van der Waals surface area contributed by atoms with Gasteiger partial charge in [0, 0.05) is 5.56 Å². The highest BCUT2D eigenvalue weighted by Crippen LogP contribution is 2.42. The van der Waals surface area contributed by atoms with E-state index >= 15 is 0 Å². The average molecular weight is 487 g/mol. The minimum Gasteiger partial charge on any atom is -0.0730 e. The molecule has 0 N–H and O–H groups in total. The molecular formula is C36H54. The molecule has 0 amide bonds. The predicted molar refractivity (Wildman–Crippen MR) is 157 cm³/mol. The molecule has 0 saturated heterocycles. The van der Waals surface area contributed by atoms with Crippen LogP contribution in [0.5, 0.6) is 0 Å². The van der Waals surface area contributed by atoms with Crippen molar-refractivity contribution < 1.29 is 0 Å². The van der Waals surface area contributed by atoms with Gasteiger partial charge < -0.3 is 0 Å². The maximum Gasteiger partial charge on any atom is 0.0249 e. The summed E-state index contributed by atoms with van der Waals surface area (Å²) in [6.07, 6.45) is 30.4. The Morgan fingerprint density at radius 2 is 1.28 bits per heavy atom. The van der Waals surface area contributed by atoms with E-state index in [1.54, 1.807) is 5.56 Å². The van der Waals surface area contributed by atoms with Crippen molar-refractivity contribution in [1.29, 1.82) is 0 Å². The summed E-state index contributed by atoms with van der Waals surface area (Å²) in [4.78, 5) is 0. The quantitative estimate of drug-likeness (QED) is 0.240. The first-order valence-corrected chi connectivity index (χ1v) is 16.0. The van der Waals surface area contributed by atoms with Gasteiger partial charge in [-0.05, 0) is 123 Å². The zero-order valence-electron chi connectivity index (χ0n) is 23.7. The van der Waals surface area contributed by atoms with Gasteiger partial charge in [0.25, 0.3) is 0 Å². The van der Waals surface area contributed by atoms with Crippen LogP contribution in [-0.4, -0.2) is 0 Å². The van der Waals surface area contributed by atoms with Crippen LogP contribution in [0.15, 0.2) is 36.4 Å². The van der Waals surface area contributed by atoms with Crippen molar-refractivity contribution in [1.82, 2.24) is 0 Å². The van der Waals surface area contributed by atoms with Crippen LogP contribution in [0.2, 0.25) is 0 Å². The van der Waals surface area contributed by atoms with Gasteiger partial charge in [0.15, 0.2) is 0 Å². The van der Waals surface area contributed by atoms with E-state index in [0.29, 0.717) is 0 Å². The molecule has 1 aromatic rings. The van der Waals surface area contributed by atoms with Gasteiger partial charge >= 0.3 is 0 Å². The van der Waals surface area contributed by atoms with Gasteiger partial charge in [0.05, 0.1) is 0 Å². The van der Waals surface area contributed by atoms with Gasteiger partial charge in [-0.3, -0.25) is 0 Å². The van der Waals surface area contributed by atoms with E-state index in [1.165, 1.54) is 121 Å². The van der Waals surface area contributed by atoms with Gasteiger partial charge in [-0.15, -0.1) is 0 Å². The Balaban J connectivity index is 1.15. The van der Waals surface area contributed by atoms with Gasteiger partial charge in [-0.1, -0.05) is 95.3 Å². The van der Waals surface area contributed by atoms with E-state index in [4.69, 9.17) is 0 Å². The van der Waals surface area contributed by atoms with Crippen LogP contribution in [0.1, 0.15) is 146 Å². The largest absolute Gasteiger partial charge is 0.0730 e. The fourth-order valence-electron chi connectivity index (χ4n) is 7.78. The van der Waals surface area contributed by atoms with E-state index in [0.717, 1.165) is 35.5 Å². The van der Waals surface area contributed by atoms with Crippen LogP contribution < -0.4 is 0 Å². The maximum atomic E-state index is 3.39. The monoisotopic (exact) mass is 486 g/mol. The Labute approximate surface area is 224 Å². The molecule has 4 rings (SSSR count). The predicted octanol–water partition coefficient (Wildman–Crippen LogP) is 10.9. The normalized spacial score (nSPS) is 31.2. The van der Waals surface area contributed by atoms with E-state index in [-0.39, 0.29) is 0 Å². The smallest absolute Gasteiger partial charge is 0.0249 e. The Kier molecular flexibility index (Phi) is 11.5. The molecule has 0 aromatic heterocycles. The molecule has 0 unspecified atom stereocenters. The van der Waals surface area contributed by atoms with Crippen molar-refractivity contribution >= 4 is 0 Å². The van der Waals surface area contributed by atoms with Gasteiger partial charge in [-0.25, -0.2) is 0 Å². The molecule has 3 aliphatic rings. The van der Waals surface area contributed by atoms with Crippen LogP contribution in [0, 0.1) is 41.4 Å². The summed E-state index contributed by atoms with van der Waals surface area (Å²) in [5, 5.41) is 0. The lowest BCUT2D eigenvalue weighted by atomic mass is 9.69. The van der Waals surface area contributed by atoms with E-state index in [1.807, 2.05) is 0 Å². The number of hydrogen-bond donors (Lipinski definition) is 0. The molecule has 0 spiro atoms. The Morgan fingerprint density at radius 3 is 1.92 bits per heavy atom. The average Bonchev–Trinajstić information content (AvgIpc) is 2.93. The number of rotatable bonds is 9. The first kappa shape index (κ1) is 27.6. The Bertz CT molecular complexity index is 809. The first-order valence-electron chi connectivity index (χ1n) is 16.0. The van der Waals surface area contributed by atoms with E-state index < -0.39 is 0 Å². The van der Waals surface area contributed by atoms with Gasteiger partial charge in [0.1, 0.15) is 0 Å².